The Hall–Kier alpha value is -1.06. The van der Waals surface area contributed by atoms with Gasteiger partial charge < -0.3 is 15.0 Å². The molecule has 1 aliphatic heterocycles. The van der Waals surface area contributed by atoms with Gasteiger partial charge in [-0.25, -0.2) is 0 Å². The zero-order valence-corrected chi connectivity index (χ0v) is 13.3. The second-order valence-electron chi connectivity index (χ2n) is 6.17. The van der Waals surface area contributed by atoms with E-state index in [2.05, 4.69) is 56.2 Å². The fourth-order valence-corrected chi connectivity index (χ4v) is 2.77. The molecule has 0 saturated carbocycles. The van der Waals surface area contributed by atoms with Crippen molar-refractivity contribution in [2.45, 2.75) is 52.3 Å². The predicted octanol–water partition coefficient (Wildman–Crippen LogP) is 3.11. The first-order chi connectivity index (χ1) is 9.56. The van der Waals surface area contributed by atoms with Crippen LogP contribution in [0.15, 0.2) is 18.2 Å². The number of anilines is 1. The minimum atomic E-state index is 0.404. The molecule has 2 rings (SSSR count). The molecular formula is C17H28N2O. The van der Waals surface area contributed by atoms with E-state index in [1.165, 1.54) is 29.7 Å². The Labute approximate surface area is 123 Å². The number of likely N-dealkylation sites (N-methyl/N-ethyl adjacent to an activating group) is 1. The van der Waals surface area contributed by atoms with Crippen LogP contribution in [0.2, 0.25) is 0 Å². The molecule has 1 aromatic carbocycles. The van der Waals surface area contributed by atoms with Gasteiger partial charge in [0.25, 0.3) is 0 Å². The second kappa shape index (κ2) is 7.09. The van der Waals surface area contributed by atoms with Gasteiger partial charge in [-0.3, -0.25) is 0 Å². The van der Waals surface area contributed by atoms with Gasteiger partial charge in [0.1, 0.15) is 0 Å². The average Bonchev–Trinajstić information content (AvgIpc) is 2.89. The van der Waals surface area contributed by atoms with E-state index in [0.717, 1.165) is 19.7 Å². The monoisotopic (exact) mass is 276 g/mol. The van der Waals surface area contributed by atoms with Gasteiger partial charge in [-0.1, -0.05) is 26.0 Å². The van der Waals surface area contributed by atoms with E-state index in [1.54, 1.807) is 0 Å². The average molecular weight is 276 g/mol. The van der Waals surface area contributed by atoms with Crippen molar-refractivity contribution in [2.75, 3.05) is 25.1 Å². The third kappa shape index (κ3) is 4.22. The molecule has 0 amide bonds. The van der Waals surface area contributed by atoms with Crippen molar-refractivity contribution in [1.82, 2.24) is 5.32 Å². The number of hydrogen-bond acceptors (Lipinski definition) is 3. The molecule has 0 bridgehead atoms. The van der Waals surface area contributed by atoms with Crippen molar-refractivity contribution >= 4 is 5.69 Å². The number of nitrogens with zero attached hydrogens (tertiary/aromatic N) is 1. The minimum absolute atomic E-state index is 0.404. The summed E-state index contributed by atoms with van der Waals surface area (Å²) in [5.74, 6) is 0. The lowest BCUT2D eigenvalue weighted by Crippen LogP contribution is -2.29. The standard InChI is InChI=1S/C17H28N2O/c1-13(2)18-11-15-7-8-17(14(3)10-15)19(4)12-16-6-5-9-20-16/h7-8,10,13,16,18H,5-6,9,11-12H2,1-4H3. The molecule has 1 aliphatic rings. The van der Waals surface area contributed by atoms with Crippen molar-refractivity contribution in [2.24, 2.45) is 0 Å². The summed E-state index contributed by atoms with van der Waals surface area (Å²) in [7, 11) is 2.16. The summed E-state index contributed by atoms with van der Waals surface area (Å²) in [6.45, 7) is 9.41. The van der Waals surface area contributed by atoms with Gasteiger partial charge in [-0.15, -0.1) is 0 Å². The highest BCUT2D eigenvalue weighted by atomic mass is 16.5. The van der Waals surface area contributed by atoms with Crippen LogP contribution in [0.5, 0.6) is 0 Å². The van der Waals surface area contributed by atoms with Crippen molar-refractivity contribution < 1.29 is 4.74 Å². The molecule has 112 valence electrons. The number of aryl methyl sites for hydroxylation is 1. The molecular weight excluding hydrogens is 248 g/mol. The summed E-state index contributed by atoms with van der Waals surface area (Å²) < 4.78 is 5.72. The van der Waals surface area contributed by atoms with Crippen molar-refractivity contribution in [3.8, 4) is 0 Å². The van der Waals surface area contributed by atoms with E-state index >= 15 is 0 Å². The molecule has 0 aromatic heterocycles. The van der Waals surface area contributed by atoms with Crippen LogP contribution >= 0.6 is 0 Å². The minimum Gasteiger partial charge on any atom is -0.376 e. The van der Waals surface area contributed by atoms with Gasteiger partial charge in [0.05, 0.1) is 6.10 Å². The SMILES string of the molecule is Cc1cc(CNC(C)C)ccc1N(C)CC1CCCO1. The summed E-state index contributed by atoms with van der Waals surface area (Å²) >= 11 is 0. The van der Waals surface area contributed by atoms with E-state index < -0.39 is 0 Å². The molecule has 0 aliphatic carbocycles. The smallest absolute Gasteiger partial charge is 0.0750 e. The predicted molar refractivity (Wildman–Crippen MR) is 85.4 cm³/mol. The maximum Gasteiger partial charge on any atom is 0.0750 e. The number of rotatable bonds is 6. The Morgan fingerprint density at radius 1 is 1.40 bits per heavy atom. The third-order valence-corrected chi connectivity index (χ3v) is 3.89. The lowest BCUT2D eigenvalue weighted by atomic mass is 10.1. The first-order valence-corrected chi connectivity index (χ1v) is 7.72. The third-order valence-electron chi connectivity index (χ3n) is 3.89. The molecule has 1 fully saturated rings. The van der Waals surface area contributed by atoms with E-state index in [-0.39, 0.29) is 0 Å². The molecule has 3 nitrogen and oxygen atoms in total. The molecule has 3 heteroatoms. The topological polar surface area (TPSA) is 24.5 Å². The molecule has 20 heavy (non-hydrogen) atoms. The Morgan fingerprint density at radius 3 is 2.80 bits per heavy atom. The van der Waals surface area contributed by atoms with Gasteiger partial charge in [-0.2, -0.15) is 0 Å². The zero-order valence-electron chi connectivity index (χ0n) is 13.3. The Balaban J connectivity index is 1.97. The van der Waals surface area contributed by atoms with Gasteiger partial charge in [0, 0.05) is 38.5 Å². The number of benzene rings is 1. The first kappa shape index (κ1) is 15.3. The fraction of sp³-hybridized carbons (Fsp3) is 0.647. The van der Waals surface area contributed by atoms with Crippen LogP contribution in [-0.4, -0.2) is 32.3 Å². The Bertz CT molecular complexity index is 425. The van der Waals surface area contributed by atoms with Crippen molar-refractivity contribution in [3.63, 3.8) is 0 Å². The van der Waals surface area contributed by atoms with Crippen LogP contribution in [0.25, 0.3) is 0 Å². The maximum absolute atomic E-state index is 5.72. The largest absolute Gasteiger partial charge is 0.376 e. The van der Waals surface area contributed by atoms with E-state index in [1.807, 2.05) is 0 Å². The van der Waals surface area contributed by atoms with Crippen LogP contribution < -0.4 is 10.2 Å². The van der Waals surface area contributed by atoms with Gasteiger partial charge in [-0.05, 0) is 37.0 Å². The summed E-state index contributed by atoms with van der Waals surface area (Å²) in [4.78, 5) is 2.32. The highest BCUT2D eigenvalue weighted by molar-refractivity contribution is 5.54. The Morgan fingerprint density at radius 2 is 2.20 bits per heavy atom. The summed E-state index contributed by atoms with van der Waals surface area (Å²) in [6, 6.07) is 7.28. The number of ether oxygens (including phenoxy) is 1. The normalized spacial score (nSPS) is 18.8. The zero-order chi connectivity index (χ0) is 14.5. The van der Waals surface area contributed by atoms with Crippen molar-refractivity contribution in [3.05, 3.63) is 29.3 Å². The van der Waals surface area contributed by atoms with E-state index in [9.17, 15) is 0 Å². The number of nitrogens with one attached hydrogen (secondary N) is 1. The lowest BCUT2D eigenvalue weighted by molar-refractivity contribution is 0.116. The van der Waals surface area contributed by atoms with Crippen LogP contribution in [0, 0.1) is 6.92 Å². The van der Waals surface area contributed by atoms with Crippen LogP contribution in [0.1, 0.15) is 37.8 Å². The Kier molecular flexibility index (Phi) is 5.44. The highest BCUT2D eigenvalue weighted by Crippen LogP contribution is 2.22. The van der Waals surface area contributed by atoms with Crippen molar-refractivity contribution in [1.29, 1.82) is 0 Å². The molecule has 0 spiro atoms. The molecule has 1 heterocycles. The fourth-order valence-electron chi connectivity index (χ4n) is 2.77. The van der Waals surface area contributed by atoms with Crippen LogP contribution in [0.3, 0.4) is 0 Å². The highest BCUT2D eigenvalue weighted by Gasteiger charge is 2.18. The number of hydrogen-bond donors (Lipinski definition) is 1. The first-order valence-electron chi connectivity index (χ1n) is 7.72. The van der Waals surface area contributed by atoms with Crippen LogP contribution in [-0.2, 0) is 11.3 Å². The van der Waals surface area contributed by atoms with Crippen LogP contribution in [0.4, 0.5) is 5.69 Å². The maximum atomic E-state index is 5.72. The second-order valence-corrected chi connectivity index (χ2v) is 6.17. The summed E-state index contributed by atoms with van der Waals surface area (Å²) in [6.07, 6.45) is 2.80. The molecule has 1 atom stereocenters. The van der Waals surface area contributed by atoms with Gasteiger partial charge in [0.2, 0.25) is 0 Å². The quantitative estimate of drug-likeness (QED) is 0.864. The molecule has 1 aromatic rings. The summed E-state index contributed by atoms with van der Waals surface area (Å²) in [5.41, 5.74) is 4.01. The van der Waals surface area contributed by atoms with Gasteiger partial charge in [0.15, 0.2) is 0 Å². The lowest BCUT2D eigenvalue weighted by Gasteiger charge is -2.25. The van der Waals surface area contributed by atoms with Gasteiger partial charge >= 0.3 is 0 Å². The van der Waals surface area contributed by atoms with E-state index in [4.69, 9.17) is 4.74 Å². The molecule has 0 radical (unpaired) electrons. The molecule has 1 unspecified atom stereocenters. The molecule has 1 saturated heterocycles. The van der Waals surface area contributed by atoms with E-state index in [0.29, 0.717) is 12.1 Å². The molecule has 1 N–H and O–H groups in total. The summed E-state index contributed by atoms with van der Waals surface area (Å²) in [5, 5.41) is 3.46.